The highest BCUT2D eigenvalue weighted by atomic mass is 19.4. The lowest BCUT2D eigenvalue weighted by molar-refractivity contribution is -0.137. The molecule has 0 spiro atoms. The maximum atomic E-state index is 12.8. The Labute approximate surface area is 140 Å². The number of halogens is 3. The SMILES string of the molecule is O=C(Nc1ccc2oc(C3CC3)nc2c1)c1cccc(C(F)(F)F)c1. The summed E-state index contributed by atoms with van der Waals surface area (Å²) >= 11 is 0. The summed E-state index contributed by atoms with van der Waals surface area (Å²) in [6.45, 7) is 0. The van der Waals surface area contributed by atoms with Gasteiger partial charge in [0.25, 0.3) is 5.91 Å². The van der Waals surface area contributed by atoms with Crippen LogP contribution >= 0.6 is 0 Å². The fourth-order valence-electron chi connectivity index (χ4n) is 2.57. The van der Waals surface area contributed by atoms with Gasteiger partial charge in [-0.1, -0.05) is 6.07 Å². The Morgan fingerprint density at radius 3 is 2.68 bits per heavy atom. The molecule has 0 radical (unpaired) electrons. The standard InChI is InChI=1S/C18H13F3N2O2/c19-18(20,21)12-3-1-2-11(8-12)16(24)22-13-6-7-15-14(9-13)23-17(25-15)10-4-5-10/h1-3,6-10H,4-5H2,(H,22,24). The summed E-state index contributed by atoms with van der Waals surface area (Å²) in [7, 11) is 0. The van der Waals surface area contributed by atoms with Crippen LogP contribution in [0.4, 0.5) is 18.9 Å². The van der Waals surface area contributed by atoms with Crippen molar-refractivity contribution in [3.63, 3.8) is 0 Å². The number of nitrogens with zero attached hydrogens (tertiary/aromatic N) is 1. The van der Waals surface area contributed by atoms with Crippen LogP contribution in [0.2, 0.25) is 0 Å². The highest BCUT2D eigenvalue weighted by molar-refractivity contribution is 6.05. The molecule has 0 saturated heterocycles. The van der Waals surface area contributed by atoms with E-state index in [0.717, 1.165) is 25.0 Å². The molecule has 25 heavy (non-hydrogen) atoms. The third kappa shape index (κ3) is 3.22. The van der Waals surface area contributed by atoms with Crippen molar-refractivity contribution in [1.29, 1.82) is 0 Å². The summed E-state index contributed by atoms with van der Waals surface area (Å²) in [5.41, 5.74) is 0.767. The average molecular weight is 346 g/mol. The lowest BCUT2D eigenvalue weighted by Crippen LogP contribution is -2.13. The zero-order valence-corrected chi connectivity index (χ0v) is 12.9. The molecule has 1 fully saturated rings. The van der Waals surface area contributed by atoms with Crippen molar-refractivity contribution < 1.29 is 22.4 Å². The first kappa shape index (κ1) is 15.7. The number of hydrogen-bond acceptors (Lipinski definition) is 3. The Balaban J connectivity index is 1.57. The second-order valence-electron chi connectivity index (χ2n) is 6.04. The van der Waals surface area contributed by atoms with Gasteiger partial charge < -0.3 is 9.73 Å². The molecule has 128 valence electrons. The summed E-state index contributed by atoms with van der Waals surface area (Å²) < 4.78 is 43.9. The van der Waals surface area contributed by atoms with E-state index in [9.17, 15) is 18.0 Å². The number of carbonyl (C=O) groups excluding carboxylic acids is 1. The second-order valence-corrected chi connectivity index (χ2v) is 6.04. The Hall–Kier alpha value is -2.83. The predicted molar refractivity (Wildman–Crippen MR) is 85.4 cm³/mol. The highest BCUT2D eigenvalue weighted by Crippen LogP contribution is 2.40. The van der Waals surface area contributed by atoms with E-state index in [1.54, 1.807) is 18.2 Å². The van der Waals surface area contributed by atoms with Crippen molar-refractivity contribution in [3.05, 3.63) is 59.5 Å². The summed E-state index contributed by atoms with van der Waals surface area (Å²) in [5.74, 6) is 0.447. The van der Waals surface area contributed by atoms with Crippen LogP contribution in [-0.2, 0) is 6.18 Å². The third-order valence-electron chi connectivity index (χ3n) is 4.04. The molecule has 7 heteroatoms. The maximum absolute atomic E-state index is 12.8. The Morgan fingerprint density at radius 1 is 1.16 bits per heavy atom. The van der Waals surface area contributed by atoms with Gasteiger partial charge in [-0.15, -0.1) is 0 Å². The van der Waals surface area contributed by atoms with Gasteiger partial charge >= 0.3 is 6.18 Å². The zero-order valence-electron chi connectivity index (χ0n) is 12.9. The fraction of sp³-hybridized carbons (Fsp3) is 0.222. The molecule has 3 aromatic rings. The minimum atomic E-state index is -4.49. The van der Waals surface area contributed by atoms with Crippen molar-refractivity contribution in [2.75, 3.05) is 5.32 Å². The van der Waals surface area contributed by atoms with Gasteiger partial charge in [0.2, 0.25) is 0 Å². The first-order valence-corrected chi connectivity index (χ1v) is 7.79. The molecule has 1 aromatic heterocycles. The molecule has 2 aromatic carbocycles. The van der Waals surface area contributed by atoms with Gasteiger partial charge in [0.05, 0.1) is 5.56 Å². The van der Waals surface area contributed by atoms with Crippen molar-refractivity contribution in [2.45, 2.75) is 24.9 Å². The van der Waals surface area contributed by atoms with Crippen LogP contribution in [0.3, 0.4) is 0 Å². The van der Waals surface area contributed by atoms with Crippen molar-refractivity contribution in [2.24, 2.45) is 0 Å². The number of alkyl halides is 3. The first-order valence-electron chi connectivity index (χ1n) is 7.79. The molecule has 0 atom stereocenters. The van der Waals surface area contributed by atoms with Crippen molar-refractivity contribution in [1.82, 2.24) is 4.98 Å². The number of aromatic nitrogens is 1. The Bertz CT molecular complexity index is 958. The summed E-state index contributed by atoms with van der Waals surface area (Å²) in [6.07, 6.45) is -2.37. The average Bonchev–Trinajstić information content (AvgIpc) is 3.34. The number of anilines is 1. The van der Waals surface area contributed by atoms with Crippen LogP contribution in [0.5, 0.6) is 0 Å². The predicted octanol–water partition coefficient (Wildman–Crippen LogP) is 4.98. The van der Waals surface area contributed by atoms with Crippen molar-refractivity contribution >= 4 is 22.7 Å². The normalized spacial score (nSPS) is 14.7. The molecule has 1 aliphatic carbocycles. The van der Waals surface area contributed by atoms with E-state index in [1.165, 1.54) is 12.1 Å². The minimum absolute atomic E-state index is 0.0613. The Kier molecular flexibility index (Phi) is 3.52. The van der Waals surface area contributed by atoms with Crippen LogP contribution in [0.1, 0.15) is 40.6 Å². The van der Waals surface area contributed by atoms with Gasteiger partial charge in [-0.2, -0.15) is 13.2 Å². The third-order valence-corrected chi connectivity index (χ3v) is 4.04. The zero-order chi connectivity index (χ0) is 17.6. The quantitative estimate of drug-likeness (QED) is 0.728. The Morgan fingerprint density at radius 2 is 1.96 bits per heavy atom. The number of oxazole rings is 1. The number of rotatable bonds is 3. The van der Waals surface area contributed by atoms with Gasteiger partial charge in [-0.25, -0.2) is 4.98 Å². The molecule has 4 nitrogen and oxygen atoms in total. The first-order chi connectivity index (χ1) is 11.9. The number of fused-ring (bicyclic) bond motifs is 1. The van der Waals surface area contributed by atoms with E-state index in [2.05, 4.69) is 10.3 Å². The molecule has 0 aliphatic heterocycles. The number of amides is 1. The molecule has 1 saturated carbocycles. The summed E-state index contributed by atoms with van der Waals surface area (Å²) in [5, 5.41) is 2.60. The molecule has 0 unspecified atom stereocenters. The van der Waals surface area contributed by atoms with E-state index < -0.39 is 17.6 Å². The van der Waals surface area contributed by atoms with Gasteiger partial charge in [0.1, 0.15) is 5.52 Å². The fourth-order valence-corrected chi connectivity index (χ4v) is 2.57. The smallest absolute Gasteiger partial charge is 0.416 e. The summed E-state index contributed by atoms with van der Waals surface area (Å²) in [4.78, 5) is 16.6. The lowest BCUT2D eigenvalue weighted by atomic mass is 10.1. The van der Waals surface area contributed by atoms with Crippen LogP contribution in [-0.4, -0.2) is 10.9 Å². The highest BCUT2D eigenvalue weighted by Gasteiger charge is 2.31. The van der Waals surface area contributed by atoms with E-state index >= 15 is 0 Å². The molecular formula is C18H13F3N2O2. The monoisotopic (exact) mass is 346 g/mol. The number of nitrogens with one attached hydrogen (secondary N) is 1. The van der Waals surface area contributed by atoms with E-state index in [-0.39, 0.29) is 5.56 Å². The molecule has 4 rings (SSSR count). The van der Waals surface area contributed by atoms with Crippen LogP contribution in [0.25, 0.3) is 11.1 Å². The van der Waals surface area contributed by atoms with Crippen LogP contribution in [0.15, 0.2) is 46.9 Å². The van der Waals surface area contributed by atoms with Crippen LogP contribution < -0.4 is 5.32 Å². The topological polar surface area (TPSA) is 55.1 Å². The van der Waals surface area contributed by atoms with Crippen molar-refractivity contribution in [3.8, 4) is 0 Å². The molecule has 1 N–H and O–H groups in total. The van der Waals surface area contributed by atoms with E-state index in [4.69, 9.17) is 4.42 Å². The number of benzene rings is 2. The second kappa shape index (κ2) is 5.61. The maximum Gasteiger partial charge on any atom is 0.416 e. The van der Waals surface area contributed by atoms with Gasteiger partial charge in [-0.05, 0) is 49.2 Å². The number of hydrogen-bond donors (Lipinski definition) is 1. The summed E-state index contributed by atoms with van der Waals surface area (Å²) in [6, 6.07) is 9.28. The van der Waals surface area contributed by atoms with Gasteiger partial charge in [0.15, 0.2) is 11.5 Å². The van der Waals surface area contributed by atoms with Gasteiger partial charge in [-0.3, -0.25) is 4.79 Å². The molecule has 1 aliphatic rings. The number of carbonyl (C=O) groups is 1. The van der Waals surface area contributed by atoms with E-state index in [1.807, 2.05) is 0 Å². The lowest BCUT2D eigenvalue weighted by Gasteiger charge is -2.09. The van der Waals surface area contributed by atoms with E-state index in [0.29, 0.717) is 28.6 Å². The van der Waals surface area contributed by atoms with Crippen LogP contribution in [0, 0.1) is 0 Å². The molecule has 1 amide bonds. The largest absolute Gasteiger partial charge is 0.440 e. The molecule has 0 bridgehead atoms. The molecule has 1 heterocycles. The minimum Gasteiger partial charge on any atom is -0.440 e. The van der Waals surface area contributed by atoms with Gasteiger partial charge in [0, 0.05) is 17.2 Å². The molecular weight excluding hydrogens is 333 g/mol.